The fourth-order valence-electron chi connectivity index (χ4n) is 4.02. The number of rotatable bonds is 5. The lowest BCUT2D eigenvalue weighted by molar-refractivity contribution is 0.397. The number of fused-ring (bicyclic) bond motifs is 1. The lowest BCUT2D eigenvalue weighted by Gasteiger charge is -2.25. The van der Waals surface area contributed by atoms with Gasteiger partial charge in [-0.2, -0.15) is 8.42 Å². The van der Waals surface area contributed by atoms with Crippen molar-refractivity contribution in [2.75, 3.05) is 14.2 Å². The predicted molar refractivity (Wildman–Crippen MR) is 135 cm³/mol. The first kappa shape index (κ1) is 24.4. The van der Waals surface area contributed by atoms with Crippen molar-refractivity contribution in [3.05, 3.63) is 70.6 Å². The van der Waals surface area contributed by atoms with E-state index in [1.807, 2.05) is 12.1 Å². The van der Waals surface area contributed by atoms with E-state index in [0.29, 0.717) is 39.2 Å². The maximum Gasteiger partial charge on any atom is 0.294 e. The molecule has 0 saturated carbocycles. The summed E-state index contributed by atoms with van der Waals surface area (Å²) in [6.07, 6.45) is 1.65. The highest BCUT2D eigenvalue weighted by atomic mass is 32.2. The summed E-state index contributed by atoms with van der Waals surface area (Å²) >= 11 is 0. The summed E-state index contributed by atoms with van der Waals surface area (Å²) in [6, 6.07) is 13.1. The summed E-state index contributed by atoms with van der Waals surface area (Å²) in [4.78, 5) is 20.1. The van der Waals surface area contributed by atoms with E-state index < -0.39 is 10.1 Å². The minimum Gasteiger partial charge on any atom is -0.496 e. The Balaban J connectivity index is 2.01. The van der Waals surface area contributed by atoms with Gasteiger partial charge in [0.05, 0.1) is 24.6 Å². The summed E-state index contributed by atoms with van der Waals surface area (Å²) in [5, 5.41) is 0.710. The number of nitrogens with zero attached hydrogens (tertiary/aromatic N) is 1. The molecule has 182 valence electrons. The van der Waals surface area contributed by atoms with E-state index in [1.54, 1.807) is 37.6 Å². The van der Waals surface area contributed by atoms with Crippen molar-refractivity contribution in [2.45, 2.75) is 31.1 Å². The molecule has 0 bridgehead atoms. The van der Waals surface area contributed by atoms with Gasteiger partial charge < -0.3 is 9.47 Å². The smallest absolute Gasteiger partial charge is 0.294 e. The summed E-state index contributed by atoms with van der Waals surface area (Å²) in [7, 11) is -1.21. The number of aromatic nitrogens is 2. The number of nitrogens with one attached hydrogen (secondary N) is 1. The van der Waals surface area contributed by atoms with Crippen molar-refractivity contribution in [3.63, 3.8) is 0 Å². The number of benzene rings is 2. The van der Waals surface area contributed by atoms with Gasteiger partial charge >= 0.3 is 0 Å². The fourth-order valence-corrected chi connectivity index (χ4v) is 4.50. The molecule has 35 heavy (non-hydrogen) atoms. The molecular formula is C26H26N2O6S. The molecule has 0 amide bonds. The number of aromatic amines is 1. The Hall–Kier alpha value is -3.69. The van der Waals surface area contributed by atoms with Gasteiger partial charge in [-0.1, -0.05) is 32.9 Å². The molecule has 0 fully saturated rings. The topological polar surface area (TPSA) is 119 Å². The number of ether oxygens (including phenoxy) is 2. The van der Waals surface area contributed by atoms with Gasteiger partial charge in [0.15, 0.2) is 5.88 Å². The molecule has 2 aromatic heterocycles. The molecular weight excluding hydrogens is 468 g/mol. The van der Waals surface area contributed by atoms with E-state index in [-0.39, 0.29) is 15.9 Å². The van der Waals surface area contributed by atoms with Crippen LogP contribution in [0.2, 0.25) is 0 Å². The number of pyridine rings is 2. The molecule has 2 aromatic carbocycles. The van der Waals surface area contributed by atoms with Crippen molar-refractivity contribution >= 4 is 21.0 Å². The van der Waals surface area contributed by atoms with Gasteiger partial charge in [-0.15, -0.1) is 0 Å². The molecule has 0 saturated heterocycles. The third kappa shape index (κ3) is 4.65. The zero-order chi connectivity index (χ0) is 25.5. The highest BCUT2D eigenvalue weighted by molar-refractivity contribution is 7.85. The summed E-state index contributed by atoms with van der Waals surface area (Å²) in [5.41, 5.74) is 3.41. The molecule has 4 aromatic rings. The van der Waals surface area contributed by atoms with Gasteiger partial charge in [0, 0.05) is 33.8 Å². The van der Waals surface area contributed by atoms with Gasteiger partial charge in [0.2, 0.25) is 0 Å². The monoisotopic (exact) mass is 494 g/mol. The van der Waals surface area contributed by atoms with E-state index in [2.05, 4.69) is 30.7 Å². The quantitative estimate of drug-likeness (QED) is 0.382. The van der Waals surface area contributed by atoms with Crippen LogP contribution in [0.3, 0.4) is 0 Å². The largest absolute Gasteiger partial charge is 0.496 e. The lowest BCUT2D eigenvalue weighted by atomic mass is 9.83. The number of methoxy groups -OCH3 is 2. The van der Waals surface area contributed by atoms with Gasteiger partial charge in [-0.25, -0.2) is 0 Å². The maximum atomic E-state index is 12.9. The molecule has 9 heteroatoms. The highest BCUT2D eigenvalue weighted by Crippen LogP contribution is 2.42. The first-order valence-electron chi connectivity index (χ1n) is 10.8. The molecule has 0 aliphatic carbocycles. The fraction of sp³-hybridized carbons (Fsp3) is 0.231. The second kappa shape index (κ2) is 8.83. The van der Waals surface area contributed by atoms with Crippen LogP contribution in [0.4, 0.5) is 0 Å². The molecule has 0 aliphatic heterocycles. The van der Waals surface area contributed by atoms with E-state index in [1.165, 1.54) is 19.2 Å². The Morgan fingerprint density at radius 1 is 0.914 bits per heavy atom. The van der Waals surface area contributed by atoms with Crippen molar-refractivity contribution in [1.82, 2.24) is 9.97 Å². The summed E-state index contributed by atoms with van der Waals surface area (Å²) in [5.74, 6) is 1.00. The van der Waals surface area contributed by atoms with Gasteiger partial charge in [-0.05, 0) is 47.4 Å². The second-order valence-electron chi connectivity index (χ2n) is 9.14. The van der Waals surface area contributed by atoms with Crippen LogP contribution in [0.5, 0.6) is 11.6 Å². The van der Waals surface area contributed by atoms with Crippen LogP contribution in [0, 0.1) is 0 Å². The second-order valence-corrected chi connectivity index (χ2v) is 10.6. The molecule has 2 heterocycles. The Morgan fingerprint density at radius 3 is 2.14 bits per heavy atom. The number of hydrogen-bond donors (Lipinski definition) is 2. The molecule has 8 nitrogen and oxygen atoms in total. The molecule has 2 N–H and O–H groups in total. The number of H-pyrrole nitrogens is 1. The normalized spacial score (nSPS) is 12.1. The van der Waals surface area contributed by atoms with Crippen LogP contribution in [-0.2, 0) is 15.5 Å². The number of hydrogen-bond acceptors (Lipinski definition) is 6. The van der Waals surface area contributed by atoms with E-state index in [9.17, 15) is 17.8 Å². The predicted octanol–water partition coefficient (Wildman–Crippen LogP) is 4.82. The molecule has 4 rings (SSSR count). The van der Waals surface area contributed by atoms with Gasteiger partial charge in [0.25, 0.3) is 15.7 Å². The van der Waals surface area contributed by atoms with Crippen LogP contribution >= 0.6 is 0 Å². The van der Waals surface area contributed by atoms with Crippen LogP contribution < -0.4 is 15.0 Å². The molecule has 0 atom stereocenters. The first-order valence-corrected chi connectivity index (χ1v) is 12.2. The Kier molecular flexibility index (Phi) is 6.16. The maximum absolute atomic E-state index is 12.9. The minimum absolute atomic E-state index is 0.191. The van der Waals surface area contributed by atoms with Crippen LogP contribution in [0.1, 0.15) is 26.3 Å². The molecule has 0 aliphatic rings. The van der Waals surface area contributed by atoms with Gasteiger partial charge in [0.1, 0.15) is 5.75 Å². The zero-order valence-corrected chi connectivity index (χ0v) is 20.9. The van der Waals surface area contributed by atoms with Crippen molar-refractivity contribution < 1.29 is 22.4 Å². The molecule has 0 spiro atoms. The highest BCUT2D eigenvalue weighted by Gasteiger charge is 2.25. The first-order chi connectivity index (χ1) is 16.4. The lowest BCUT2D eigenvalue weighted by Crippen LogP contribution is -2.15. The third-order valence-corrected chi connectivity index (χ3v) is 6.68. The van der Waals surface area contributed by atoms with E-state index in [4.69, 9.17) is 9.47 Å². The van der Waals surface area contributed by atoms with Crippen molar-refractivity contribution in [3.8, 4) is 33.9 Å². The van der Waals surface area contributed by atoms with Gasteiger partial charge in [-0.3, -0.25) is 19.3 Å². The summed E-state index contributed by atoms with van der Waals surface area (Å²) in [6.45, 7) is 6.18. The zero-order valence-electron chi connectivity index (χ0n) is 20.0. The average Bonchev–Trinajstić information content (AvgIpc) is 2.81. The minimum atomic E-state index is -4.29. The summed E-state index contributed by atoms with van der Waals surface area (Å²) < 4.78 is 43.0. The standard InChI is InChI=1S/C26H26N2O6S/c1-26(2,3)21-13-19(18-10-11-22(33-4)28-25(18)29)23-20(24(21)34-5)12-16(14-27-23)15-6-8-17(9-7-15)35(30,31)32/h6-14H,1-5H3,(H,28,29)(H,30,31,32). The van der Waals surface area contributed by atoms with Crippen LogP contribution in [0.15, 0.2) is 64.4 Å². The Morgan fingerprint density at radius 2 is 1.60 bits per heavy atom. The van der Waals surface area contributed by atoms with Crippen LogP contribution in [-0.4, -0.2) is 37.2 Å². The Labute approximate surface area is 203 Å². The molecule has 0 unspecified atom stereocenters. The van der Waals surface area contributed by atoms with Crippen molar-refractivity contribution in [1.29, 1.82) is 0 Å². The average molecular weight is 495 g/mol. The van der Waals surface area contributed by atoms with E-state index >= 15 is 0 Å². The van der Waals surface area contributed by atoms with Crippen LogP contribution in [0.25, 0.3) is 33.2 Å². The molecule has 0 radical (unpaired) electrons. The Bertz CT molecular complexity index is 1580. The van der Waals surface area contributed by atoms with E-state index in [0.717, 1.165) is 11.1 Å². The SMILES string of the molecule is COc1ccc(-c2cc(C(C)(C)C)c(OC)c3cc(-c4ccc(S(=O)(=O)O)cc4)cnc23)c(=O)[nH]1. The van der Waals surface area contributed by atoms with Crippen molar-refractivity contribution in [2.24, 2.45) is 0 Å². The third-order valence-electron chi connectivity index (χ3n) is 5.81.